The fourth-order valence-corrected chi connectivity index (χ4v) is 7.33. The lowest BCUT2D eigenvalue weighted by Gasteiger charge is -2.55. The molecule has 6 unspecified atom stereocenters. The van der Waals surface area contributed by atoms with Gasteiger partial charge in [-0.25, -0.2) is 0 Å². The van der Waals surface area contributed by atoms with Gasteiger partial charge in [0.05, 0.1) is 0 Å². The minimum atomic E-state index is 1.17. The van der Waals surface area contributed by atoms with Crippen molar-refractivity contribution in [2.75, 3.05) is 0 Å². The molecule has 6 saturated carbocycles. The van der Waals surface area contributed by atoms with E-state index in [-0.39, 0.29) is 0 Å². The first-order valence-electron chi connectivity index (χ1n) is 8.40. The van der Waals surface area contributed by atoms with Gasteiger partial charge in [0, 0.05) is 0 Å². The van der Waals surface area contributed by atoms with E-state index in [0.29, 0.717) is 0 Å². The maximum absolute atomic E-state index is 1.68. The van der Waals surface area contributed by atoms with Crippen molar-refractivity contribution in [3.05, 3.63) is 0 Å². The van der Waals surface area contributed by atoms with Gasteiger partial charge in [-0.15, -0.1) is 0 Å². The van der Waals surface area contributed by atoms with E-state index in [0.717, 1.165) is 0 Å². The largest absolute Gasteiger partial charge is 0.0499 e. The molecule has 0 aromatic carbocycles. The van der Waals surface area contributed by atoms with Gasteiger partial charge in [0.15, 0.2) is 0 Å². The van der Waals surface area contributed by atoms with Crippen molar-refractivity contribution in [3.8, 4) is 0 Å². The first-order valence-corrected chi connectivity index (χ1v) is 8.40. The molecule has 6 aliphatic carbocycles. The molecule has 94 valence electrons. The molecule has 0 heterocycles. The van der Waals surface area contributed by atoms with Crippen LogP contribution >= 0.6 is 0 Å². The number of fused-ring (bicyclic) bond motifs is 7. The summed E-state index contributed by atoms with van der Waals surface area (Å²) in [5.74, 6) is 9.52. The minimum Gasteiger partial charge on any atom is -0.0499 e. The van der Waals surface area contributed by atoms with Crippen LogP contribution in [0.15, 0.2) is 0 Å². The molecule has 0 saturated heterocycles. The lowest BCUT2D eigenvalue weighted by molar-refractivity contribution is -0.0560. The molecule has 0 aliphatic heterocycles. The molecule has 6 atom stereocenters. The van der Waals surface area contributed by atoms with Crippen molar-refractivity contribution in [3.63, 3.8) is 0 Å². The molecule has 0 radical (unpaired) electrons. The van der Waals surface area contributed by atoms with Gasteiger partial charge in [-0.05, 0) is 105 Å². The van der Waals surface area contributed by atoms with Crippen LogP contribution in [0, 0.1) is 47.3 Å². The second-order valence-electron chi connectivity index (χ2n) is 8.13. The molecule has 0 aromatic heterocycles. The zero-order valence-corrected chi connectivity index (χ0v) is 11.0. The normalized spacial score (nSPS) is 63.5. The van der Waals surface area contributed by atoms with Gasteiger partial charge in [0.2, 0.25) is 0 Å². The monoisotopic (exact) mass is 230 g/mol. The van der Waals surface area contributed by atoms with Crippen molar-refractivity contribution in [1.82, 2.24) is 0 Å². The Kier molecular flexibility index (Phi) is 1.92. The van der Waals surface area contributed by atoms with Gasteiger partial charge in [-0.3, -0.25) is 0 Å². The summed E-state index contributed by atoms with van der Waals surface area (Å²) in [6.07, 6.45) is 14.7. The molecule has 6 aliphatic rings. The van der Waals surface area contributed by atoms with Crippen LogP contribution in [0.1, 0.15) is 57.8 Å². The van der Waals surface area contributed by atoms with E-state index in [4.69, 9.17) is 0 Å². The van der Waals surface area contributed by atoms with Crippen molar-refractivity contribution < 1.29 is 0 Å². The zero-order chi connectivity index (χ0) is 11.0. The summed E-state index contributed by atoms with van der Waals surface area (Å²) < 4.78 is 0. The molecular formula is C17H26. The van der Waals surface area contributed by atoms with Crippen LogP contribution in [0.5, 0.6) is 0 Å². The van der Waals surface area contributed by atoms with Crippen LogP contribution in [0.25, 0.3) is 0 Å². The average molecular weight is 230 g/mol. The van der Waals surface area contributed by atoms with Gasteiger partial charge in [0.25, 0.3) is 0 Å². The first-order chi connectivity index (χ1) is 8.40. The fraction of sp³-hybridized carbons (Fsp3) is 1.00. The summed E-state index contributed by atoms with van der Waals surface area (Å²) in [7, 11) is 0. The summed E-state index contributed by atoms with van der Waals surface area (Å²) >= 11 is 0. The molecule has 0 aromatic rings. The Hall–Kier alpha value is 0. The van der Waals surface area contributed by atoms with Crippen molar-refractivity contribution >= 4 is 0 Å². The third-order valence-corrected chi connectivity index (χ3v) is 7.94. The molecule has 0 amide bonds. The Morgan fingerprint density at radius 3 is 1.18 bits per heavy atom. The van der Waals surface area contributed by atoms with Gasteiger partial charge in [-0.2, -0.15) is 0 Å². The maximum Gasteiger partial charge on any atom is -0.0352 e. The molecule has 6 fully saturated rings. The van der Waals surface area contributed by atoms with Gasteiger partial charge in [-0.1, -0.05) is 0 Å². The van der Waals surface area contributed by atoms with Crippen LogP contribution in [0.3, 0.4) is 0 Å². The molecule has 0 N–H and O–H groups in total. The standard InChI is InChI=1S/C17H26/c1-2-11-4-3-10(1)14-8-16-12-5-6-13(7-12)17(16)9-15(11)14/h10-17H,1-9H2. The summed E-state index contributed by atoms with van der Waals surface area (Å²) in [5, 5.41) is 0. The highest BCUT2D eigenvalue weighted by Crippen LogP contribution is 2.64. The molecule has 17 heavy (non-hydrogen) atoms. The number of hydrogen-bond acceptors (Lipinski definition) is 0. The predicted octanol–water partition coefficient (Wildman–Crippen LogP) is 4.49. The van der Waals surface area contributed by atoms with E-state index in [2.05, 4.69) is 0 Å². The van der Waals surface area contributed by atoms with Crippen molar-refractivity contribution in [2.45, 2.75) is 57.8 Å². The van der Waals surface area contributed by atoms with Gasteiger partial charge < -0.3 is 0 Å². The molecule has 0 nitrogen and oxygen atoms in total. The Morgan fingerprint density at radius 1 is 0.353 bits per heavy atom. The summed E-state index contributed by atoms with van der Waals surface area (Å²) in [5.41, 5.74) is 0. The van der Waals surface area contributed by atoms with Crippen molar-refractivity contribution in [2.24, 2.45) is 47.3 Å². The highest BCUT2D eigenvalue weighted by atomic mass is 14.6. The molecule has 6 rings (SSSR count). The highest BCUT2D eigenvalue weighted by Gasteiger charge is 2.55. The molecular weight excluding hydrogens is 204 g/mol. The highest BCUT2D eigenvalue weighted by molar-refractivity contribution is 5.05. The molecule has 0 heteroatoms. The molecule has 0 spiro atoms. The van der Waals surface area contributed by atoms with Crippen LogP contribution in [-0.2, 0) is 0 Å². The lowest BCUT2D eigenvalue weighted by Crippen LogP contribution is -2.47. The summed E-state index contributed by atoms with van der Waals surface area (Å²) in [6.45, 7) is 0. The Morgan fingerprint density at radius 2 is 0.706 bits per heavy atom. The van der Waals surface area contributed by atoms with Crippen LogP contribution < -0.4 is 0 Å². The van der Waals surface area contributed by atoms with E-state index in [1.54, 1.807) is 57.8 Å². The topological polar surface area (TPSA) is 0 Å². The minimum absolute atomic E-state index is 1.17. The summed E-state index contributed by atoms with van der Waals surface area (Å²) in [4.78, 5) is 0. The van der Waals surface area contributed by atoms with E-state index in [1.807, 2.05) is 0 Å². The fourth-order valence-electron chi connectivity index (χ4n) is 7.33. The lowest BCUT2D eigenvalue weighted by atomic mass is 9.50. The Bertz CT molecular complexity index is 293. The first kappa shape index (κ1) is 9.87. The Labute approximate surface area is 106 Å². The van der Waals surface area contributed by atoms with Crippen LogP contribution in [0.2, 0.25) is 0 Å². The second-order valence-corrected chi connectivity index (χ2v) is 8.13. The van der Waals surface area contributed by atoms with E-state index < -0.39 is 0 Å². The third-order valence-electron chi connectivity index (χ3n) is 7.94. The molecule has 4 bridgehead atoms. The summed E-state index contributed by atoms with van der Waals surface area (Å²) in [6, 6.07) is 0. The average Bonchev–Trinajstić information content (AvgIpc) is 3.00. The Balaban J connectivity index is 1.47. The van der Waals surface area contributed by atoms with Crippen molar-refractivity contribution in [1.29, 1.82) is 0 Å². The number of rotatable bonds is 0. The van der Waals surface area contributed by atoms with Gasteiger partial charge in [0.1, 0.15) is 0 Å². The zero-order valence-electron chi connectivity index (χ0n) is 11.0. The quantitative estimate of drug-likeness (QED) is 0.575. The second kappa shape index (κ2) is 3.31. The van der Waals surface area contributed by atoms with E-state index in [1.165, 1.54) is 47.3 Å². The van der Waals surface area contributed by atoms with Gasteiger partial charge >= 0.3 is 0 Å². The number of hydrogen-bond donors (Lipinski definition) is 0. The maximum atomic E-state index is 1.68. The van der Waals surface area contributed by atoms with Crippen LogP contribution in [-0.4, -0.2) is 0 Å². The smallest absolute Gasteiger partial charge is 0.0352 e. The van der Waals surface area contributed by atoms with E-state index in [9.17, 15) is 0 Å². The van der Waals surface area contributed by atoms with E-state index >= 15 is 0 Å². The van der Waals surface area contributed by atoms with Crippen LogP contribution in [0.4, 0.5) is 0 Å². The third kappa shape index (κ3) is 1.21. The SMILES string of the molecule is C1CC2CCC1C1CC3C4CCC(C4)C3CC21. The predicted molar refractivity (Wildman–Crippen MR) is 69.5 cm³/mol.